The molecule has 0 N–H and O–H groups in total. The zero-order chi connectivity index (χ0) is 66.4. The van der Waals surface area contributed by atoms with Gasteiger partial charge in [-0.2, -0.15) is 0 Å². The van der Waals surface area contributed by atoms with Gasteiger partial charge in [0.1, 0.15) is 81.8 Å². The number of hydrogen-bond acceptors (Lipinski definition) is 16. The summed E-state index contributed by atoms with van der Waals surface area (Å²) in [6, 6.07) is 54.6. The summed E-state index contributed by atoms with van der Waals surface area (Å²) in [5.74, 6) is 6.36. The maximum absolute atomic E-state index is 13.2. The molecule has 0 radical (unpaired) electrons. The number of para-hydroxylation sites is 4. The highest BCUT2D eigenvalue weighted by Crippen LogP contribution is 2.38. The minimum absolute atomic E-state index is 0.0899. The van der Waals surface area contributed by atoms with E-state index in [2.05, 4.69) is 32.0 Å². The molecule has 1 heterocycles. The van der Waals surface area contributed by atoms with E-state index < -0.39 is 11.9 Å². The monoisotopic (exact) mass is 1270 g/mol. The Morgan fingerprint density at radius 1 is 0.447 bits per heavy atom. The first-order valence-corrected chi connectivity index (χ1v) is 31.9. The Morgan fingerprint density at radius 3 is 1.34 bits per heavy atom. The molecule has 0 aliphatic rings. The Bertz CT molecular complexity index is 3890. The van der Waals surface area contributed by atoms with Crippen LogP contribution in [0.1, 0.15) is 118 Å². The van der Waals surface area contributed by atoms with E-state index in [1.165, 1.54) is 14.2 Å². The van der Waals surface area contributed by atoms with E-state index in [0.29, 0.717) is 97.7 Å². The normalized spacial score (nSPS) is 10.8. The predicted octanol–water partition coefficient (Wildman–Crippen LogP) is 17.3. The van der Waals surface area contributed by atoms with Crippen molar-refractivity contribution in [2.75, 3.05) is 54.7 Å². The Hall–Kier alpha value is -10.5. The van der Waals surface area contributed by atoms with Gasteiger partial charge >= 0.3 is 11.9 Å². The van der Waals surface area contributed by atoms with Gasteiger partial charge in [0, 0.05) is 78.7 Å². The summed E-state index contributed by atoms with van der Waals surface area (Å²) in [7, 11) is 6.46. The number of esters is 2. The van der Waals surface area contributed by atoms with E-state index in [1.54, 1.807) is 54.9 Å². The first-order chi connectivity index (χ1) is 45.9. The van der Waals surface area contributed by atoms with Gasteiger partial charge in [-0.05, 0) is 134 Å². The summed E-state index contributed by atoms with van der Waals surface area (Å²) in [5.41, 5.74) is 7.84. The van der Waals surface area contributed by atoms with Crippen molar-refractivity contribution in [2.45, 2.75) is 92.3 Å². The molecule has 8 aromatic carbocycles. The molecule has 9 aromatic rings. The molecule has 16 heteroatoms. The van der Waals surface area contributed by atoms with Crippen LogP contribution in [-0.2, 0) is 48.4 Å². The fourth-order valence-corrected chi connectivity index (χ4v) is 10.2. The second-order valence-corrected chi connectivity index (χ2v) is 21.9. The molecule has 0 saturated carbocycles. The van der Waals surface area contributed by atoms with Crippen LogP contribution in [0.25, 0.3) is 11.3 Å². The SMILES string of the molecule is CCCc1c(OCCCOc2cc(COc3ccccc3)c(-c3ccno3)cc2CC)cccc1Oc1ccccc1C(=O)OC.CCCc1c(OCCCOc2cc(COc3ccccc3)c(C(=O)/C=C/N(C)C)cc2CC)cccc1Oc1ccccc1C(=O)OC. The van der Waals surface area contributed by atoms with Gasteiger partial charge in [0.05, 0.1) is 46.8 Å². The average Bonchev–Trinajstić information content (AvgIpc) is 2.48. The van der Waals surface area contributed by atoms with Gasteiger partial charge in [-0.1, -0.05) is 118 Å². The summed E-state index contributed by atoms with van der Waals surface area (Å²) in [6.07, 6.45) is 11.0. The smallest absolute Gasteiger partial charge is 0.341 e. The highest BCUT2D eigenvalue weighted by molar-refractivity contribution is 6.06. The summed E-state index contributed by atoms with van der Waals surface area (Å²) >= 11 is 0. The van der Waals surface area contributed by atoms with Crippen molar-refractivity contribution in [3.05, 3.63) is 244 Å². The highest BCUT2D eigenvalue weighted by atomic mass is 16.5. The lowest BCUT2D eigenvalue weighted by Gasteiger charge is -2.18. The van der Waals surface area contributed by atoms with Crippen LogP contribution in [0.5, 0.6) is 57.5 Å². The molecular weight excluding hydrogens is 1190 g/mol. The van der Waals surface area contributed by atoms with Crippen molar-refractivity contribution in [1.82, 2.24) is 10.1 Å². The zero-order valence-corrected chi connectivity index (χ0v) is 55.0. The molecule has 0 bridgehead atoms. The van der Waals surface area contributed by atoms with E-state index in [-0.39, 0.29) is 12.4 Å². The first-order valence-electron chi connectivity index (χ1n) is 31.9. The molecule has 0 atom stereocenters. The van der Waals surface area contributed by atoms with Gasteiger partial charge < -0.3 is 56.8 Å². The fourth-order valence-electron chi connectivity index (χ4n) is 10.2. The number of carbonyl (C=O) groups is 3. The maximum atomic E-state index is 13.2. The molecule has 0 aliphatic carbocycles. The second-order valence-electron chi connectivity index (χ2n) is 21.9. The zero-order valence-electron chi connectivity index (χ0n) is 55.0. The Kier molecular flexibility index (Phi) is 27.0. The molecule has 0 aliphatic heterocycles. The van der Waals surface area contributed by atoms with Crippen molar-refractivity contribution in [1.29, 1.82) is 0 Å². The molecule has 0 fully saturated rings. The van der Waals surface area contributed by atoms with Crippen molar-refractivity contribution in [3.8, 4) is 68.8 Å². The largest absolute Gasteiger partial charge is 0.493 e. The standard InChI is InChI=1S/C40H45NO7.C38H39NO7/c1-6-15-32-36(20-13-21-37(32)48-38-19-12-11-18-33(38)40(43)44-5)45-24-14-25-46-39-27-30(28-47-31-16-9-8-10-17-31)34(26-29(39)7-2)35(42)22-23-41(3)4;1-4-13-30-33(18-11-19-34(30)45-35-17-10-9-16-31(35)38(40)41-3)42-22-12-23-43-37-25-28(26-44-29-14-7-6-8-15-29)32(24-27(37)5-2)36-20-21-39-46-36/h8-13,16-23,26-27H,6-7,14-15,24-25,28H2,1-5H3;6-11,14-21,24-25H,4-5,12-13,22-23,26H2,1-3H3/b23-22+;. The Balaban J connectivity index is 0.000000241. The molecule has 16 nitrogen and oxygen atoms in total. The Morgan fingerprint density at radius 2 is 0.883 bits per heavy atom. The number of ketones is 1. The van der Waals surface area contributed by atoms with Gasteiger partial charge in [0.2, 0.25) is 0 Å². The number of ether oxygens (including phenoxy) is 10. The van der Waals surface area contributed by atoms with Gasteiger partial charge in [0.25, 0.3) is 0 Å². The van der Waals surface area contributed by atoms with Crippen LogP contribution in [0, 0.1) is 0 Å². The van der Waals surface area contributed by atoms with Crippen LogP contribution < -0.4 is 37.9 Å². The summed E-state index contributed by atoms with van der Waals surface area (Å²) in [5, 5.41) is 3.90. The molecule has 0 amide bonds. The van der Waals surface area contributed by atoms with Crippen molar-refractivity contribution in [3.63, 3.8) is 0 Å². The van der Waals surface area contributed by atoms with Crippen LogP contribution >= 0.6 is 0 Å². The fraction of sp³-hybridized carbons (Fsp3) is 0.282. The van der Waals surface area contributed by atoms with Crippen LogP contribution in [-0.4, -0.2) is 82.5 Å². The molecule has 490 valence electrons. The molecule has 0 unspecified atom stereocenters. The van der Waals surface area contributed by atoms with Crippen LogP contribution in [0.4, 0.5) is 0 Å². The maximum Gasteiger partial charge on any atom is 0.341 e. The van der Waals surface area contributed by atoms with Gasteiger partial charge in [0.15, 0.2) is 11.5 Å². The number of methoxy groups -OCH3 is 2. The molecule has 94 heavy (non-hydrogen) atoms. The molecule has 9 rings (SSSR count). The summed E-state index contributed by atoms with van der Waals surface area (Å²) < 4.78 is 65.0. The average molecular weight is 1270 g/mol. The highest BCUT2D eigenvalue weighted by Gasteiger charge is 2.21. The first kappa shape index (κ1) is 69.4. The minimum Gasteiger partial charge on any atom is -0.493 e. The number of nitrogens with zero attached hydrogens (tertiary/aromatic N) is 2. The van der Waals surface area contributed by atoms with Gasteiger partial charge in [-0.25, -0.2) is 9.59 Å². The third-order valence-corrected chi connectivity index (χ3v) is 14.9. The van der Waals surface area contributed by atoms with E-state index in [0.717, 1.165) is 106 Å². The quantitative estimate of drug-likeness (QED) is 0.0161. The molecule has 0 saturated heterocycles. The number of benzene rings is 8. The van der Waals surface area contributed by atoms with E-state index >= 15 is 0 Å². The van der Waals surface area contributed by atoms with Gasteiger partial charge in [-0.15, -0.1) is 0 Å². The number of hydrogen-bond donors (Lipinski definition) is 0. The lowest BCUT2D eigenvalue weighted by Crippen LogP contribution is -2.11. The molecule has 0 spiro atoms. The van der Waals surface area contributed by atoms with Crippen LogP contribution in [0.15, 0.2) is 199 Å². The van der Waals surface area contributed by atoms with E-state index in [1.807, 2.05) is 159 Å². The van der Waals surface area contributed by atoms with E-state index in [4.69, 9.17) is 51.9 Å². The molecule has 1 aromatic heterocycles. The topological polar surface area (TPSA) is 173 Å². The van der Waals surface area contributed by atoms with Crippen molar-refractivity contribution in [2.24, 2.45) is 0 Å². The third kappa shape index (κ3) is 19.8. The van der Waals surface area contributed by atoms with Gasteiger partial charge in [-0.3, -0.25) is 4.79 Å². The van der Waals surface area contributed by atoms with Crippen LogP contribution in [0.3, 0.4) is 0 Å². The lowest BCUT2D eigenvalue weighted by molar-refractivity contribution is 0.0588. The predicted molar refractivity (Wildman–Crippen MR) is 364 cm³/mol. The number of carbonyl (C=O) groups excluding carboxylic acids is 3. The number of aryl methyl sites for hydroxylation is 2. The number of aromatic nitrogens is 1. The lowest BCUT2D eigenvalue weighted by atomic mass is 9.98. The van der Waals surface area contributed by atoms with Crippen LogP contribution in [0.2, 0.25) is 0 Å². The third-order valence-electron chi connectivity index (χ3n) is 14.9. The second kappa shape index (κ2) is 36.5. The number of allylic oxidation sites excluding steroid dienone is 1. The number of rotatable bonds is 34. The summed E-state index contributed by atoms with van der Waals surface area (Å²) in [4.78, 5) is 39.6. The van der Waals surface area contributed by atoms with Crippen molar-refractivity contribution < 1.29 is 66.3 Å². The Labute approximate surface area is 551 Å². The van der Waals surface area contributed by atoms with E-state index in [9.17, 15) is 14.4 Å². The van der Waals surface area contributed by atoms with Crippen molar-refractivity contribution >= 4 is 17.7 Å². The summed E-state index contributed by atoms with van der Waals surface area (Å²) in [6.45, 7) is 10.7. The minimum atomic E-state index is -0.459. The molecular formula is C78H84N2O14.